The fraction of sp³-hybridized carbons (Fsp3) is 0.286. The normalized spacial score (nSPS) is 15.5. The largest absolute Gasteiger partial charge is 0.508 e. The SMILES string of the molecule is COc1ccc(C(=O)C=Cc2ccc(O)cc2)c2c1CCC(C)(C)O2. The summed E-state index contributed by atoms with van der Waals surface area (Å²) in [4.78, 5) is 12.7. The number of carbonyl (C=O) groups is 1. The zero-order valence-corrected chi connectivity index (χ0v) is 14.7. The number of hydrogen-bond acceptors (Lipinski definition) is 4. The second kappa shape index (κ2) is 6.63. The van der Waals surface area contributed by atoms with Crippen molar-refractivity contribution in [2.75, 3.05) is 7.11 Å². The van der Waals surface area contributed by atoms with Gasteiger partial charge in [0.2, 0.25) is 0 Å². The van der Waals surface area contributed by atoms with Gasteiger partial charge in [0.15, 0.2) is 5.78 Å². The molecule has 1 N–H and O–H groups in total. The maximum atomic E-state index is 12.7. The number of aromatic hydroxyl groups is 1. The molecule has 0 fully saturated rings. The number of fused-ring (bicyclic) bond motifs is 1. The van der Waals surface area contributed by atoms with Crippen LogP contribution in [0.2, 0.25) is 0 Å². The number of rotatable bonds is 4. The van der Waals surface area contributed by atoms with Gasteiger partial charge in [-0.15, -0.1) is 0 Å². The molecule has 0 amide bonds. The van der Waals surface area contributed by atoms with Crippen LogP contribution in [0.5, 0.6) is 17.2 Å². The fourth-order valence-corrected chi connectivity index (χ4v) is 2.95. The Morgan fingerprint density at radius 3 is 2.60 bits per heavy atom. The van der Waals surface area contributed by atoms with E-state index in [1.54, 1.807) is 43.5 Å². The first-order valence-corrected chi connectivity index (χ1v) is 8.30. The molecule has 2 aromatic carbocycles. The predicted molar refractivity (Wildman–Crippen MR) is 97.5 cm³/mol. The molecule has 1 aliphatic rings. The number of phenols is 1. The summed E-state index contributed by atoms with van der Waals surface area (Å²) in [6, 6.07) is 10.3. The van der Waals surface area contributed by atoms with Gasteiger partial charge in [0.25, 0.3) is 0 Å². The molecule has 130 valence electrons. The molecule has 0 atom stereocenters. The maximum absolute atomic E-state index is 12.7. The summed E-state index contributed by atoms with van der Waals surface area (Å²) in [7, 11) is 1.63. The van der Waals surface area contributed by atoms with E-state index in [9.17, 15) is 9.90 Å². The lowest BCUT2D eigenvalue weighted by Gasteiger charge is -2.34. The van der Waals surface area contributed by atoms with E-state index in [1.165, 1.54) is 6.08 Å². The molecule has 25 heavy (non-hydrogen) atoms. The molecule has 0 saturated carbocycles. The molecule has 4 nitrogen and oxygen atoms in total. The Labute approximate surface area is 147 Å². The van der Waals surface area contributed by atoms with E-state index < -0.39 is 0 Å². The van der Waals surface area contributed by atoms with E-state index in [0.29, 0.717) is 11.3 Å². The minimum atomic E-state index is -0.310. The van der Waals surface area contributed by atoms with Crippen molar-refractivity contribution in [3.05, 3.63) is 59.2 Å². The molecular weight excluding hydrogens is 316 g/mol. The summed E-state index contributed by atoms with van der Waals surface area (Å²) < 4.78 is 11.5. The Morgan fingerprint density at radius 2 is 1.92 bits per heavy atom. The second-order valence-corrected chi connectivity index (χ2v) is 6.77. The highest BCUT2D eigenvalue weighted by atomic mass is 16.5. The molecule has 0 aromatic heterocycles. The summed E-state index contributed by atoms with van der Waals surface area (Å²) in [6.45, 7) is 4.05. The minimum Gasteiger partial charge on any atom is -0.508 e. The molecular formula is C21H22O4. The van der Waals surface area contributed by atoms with Crippen molar-refractivity contribution in [1.82, 2.24) is 0 Å². The number of allylic oxidation sites excluding steroid dienone is 1. The van der Waals surface area contributed by atoms with Crippen molar-refractivity contribution in [3.8, 4) is 17.2 Å². The van der Waals surface area contributed by atoms with Crippen molar-refractivity contribution in [1.29, 1.82) is 0 Å². The summed E-state index contributed by atoms with van der Waals surface area (Å²) in [5, 5.41) is 9.32. The number of methoxy groups -OCH3 is 1. The van der Waals surface area contributed by atoms with Crippen LogP contribution in [0.15, 0.2) is 42.5 Å². The van der Waals surface area contributed by atoms with Gasteiger partial charge in [0.1, 0.15) is 22.8 Å². The van der Waals surface area contributed by atoms with Gasteiger partial charge in [-0.25, -0.2) is 0 Å². The van der Waals surface area contributed by atoms with Crippen LogP contribution in [0, 0.1) is 0 Å². The first-order chi connectivity index (χ1) is 11.9. The lowest BCUT2D eigenvalue weighted by atomic mass is 9.91. The quantitative estimate of drug-likeness (QED) is 0.663. The molecule has 0 spiro atoms. The van der Waals surface area contributed by atoms with Crippen molar-refractivity contribution in [2.24, 2.45) is 0 Å². The smallest absolute Gasteiger partial charge is 0.189 e. The molecule has 2 aromatic rings. The van der Waals surface area contributed by atoms with E-state index in [1.807, 2.05) is 19.9 Å². The number of ketones is 1. The molecule has 4 heteroatoms. The third-order valence-electron chi connectivity index (χ3n) is 4.38. The van der Waals surface area contributed by atoms with Crippen LogP contribution in [-0.2, 0) is 6.42 Å². The molecule has 1 heterocycles. The Bertz CT molecular complexity index is 817. The number of carbonyl (C=O) groups excluding carboxylic acids is 1. The third-order valence-corrected chi connectivity index (χ3v) is 4.38. The van der Waals surface area contributed by atoms with Crippen LogP contribution in [0.1, 0.15) is 41.8 Å². The van der Waals surface area contributed by atoms with Gasteiger partial charge in [-0.05, 0) is 62.6 Å². The minimum absolute atomic E-state index is 0.121. The van der Waals surface area contributed by atoms with Crippen LogP contribution in [0.4, 0.5) is 0 Å². The van der Waals surface area contributed by atoms with Crippen LogP contribution in [0.25, 0.3) is 6.08 Å². The Hall–Kier alpha value is -2.75. The fourth-order valence-electron chi connectivity index (χ4n) is 2.95. The summed E-state index contributed by atoms with van der Waals surface area (Å²) in [6.07, 6.45) is 4.94. The Balaban J connectivity index is 1.94. The highest BCUT2D eigenvalue weighted by Gasteiger charge is 2.31. The zero-order chi connectivity index (χ0) is 18.0. The molecule has 0 radical (unpaired) electrons. The average molecular weight is 338 g/mol. The van der Waals surface area contributed by atoms with E-state index in [0.717, 1.165) is 29.7 Å². The number of hydrogen-bond donors (Lipinski definition) is 1. The summed E-state index contributed by atoms with van der Waals surface area (Å²) in [5.41, 5.74) is 2.02. The topological polar surface area (TPSA) is 55.8 Å². The molecule has 0 bridgehead atoms. The average Bonchev–Trinajstić information content (AvgIpc) is 2.59. The number of benzene rings is 2. The van der Waals surface area contributed by atoms with Gasteiger partial charge in [-0.2, -0.15) is 0 Å². The summed E-state index contributed by atoms with van der Waals surface area (Å²) >= 11 is 0. The Kier molecular flexibility index (Phi) is 4.53. The van der Waals surface area contributed by atoms with Gasteiger partial charge >= 0.3 is 0 Å². The second-order valence-electron chi connectivity index (χ2n) is 6.77. The zero-order valence-electron chi connectivity index (χ0n) is 14.7. The molecule has 3 rings (SSSR count). The molecule has 0 saturated heterocycles. The van der Waals surface area contributed by atoms with Crippen molar-refractivity contribution in [3.63, 3.8) is 0 Å². The lowest BCUT2D eigenvalue weighted by molar-refractivity contribution is 0.0805. The maximum Gasteiger partial charge on any atom is 0.189 e. The Morgan fingerprint density at radius 1 is 1.20 bits per heavy atom. The van der Waals surface area contributed by atoms with Crippen LogP contribution in [0.3, 0.4) is 0 Å². The van der Waals surface area contributed by atoms with Gasteiger partial charge in [0, 0.05) is 5.56 Å². The van der Waals surface area contributed by atoms with E-state index in [4.69, 9.17) is 9.47 Å². The van der Waals surface area contributed by atoms with Crippen LogP contribution < -0.4 is 9.47 Å². The van der Waals surface area contributed by atoms with Crippen molar-refractivity contribution >= 4 is 11.9 Å². The van der Waals surface area contributed by atoms with E-state index >= 15 is 0 Å². The standard InChI is InChI=1S/C21H22O4/c1-21(2)13-12-17-19(24-3)11-9-16(20(17)25-21)18(23)10-6-14-4-7-15(22)8-5-14/h4-11,22H,12-13H2,1-3H3. The highest BCUT2D eigenvalue weighted by molar-refractivity contribution is 6.09. The summed E-state index contributed by atoms with van der Waals surface area (Å²) in [5.74, 6) is 1.45. The monoisotopic (exact) mass is 338 g/mol. The lowest BCUT2D eigenvalue weighted by Crippen LogP contribution is -2.33. The number of ether oxygens (including phenoxy) is 2. The molecule has 0 unspecified atom stereocenters. The van der Waals surface area contributed by atoms with E-state index in [2.05, 4.69) is 0 Å². The molecule has 0 aliphatic carbocycles. The van der Waals surface area contributed by atoms with Crippen molar-refractivity contribution < 1.29 is 19.4 Å². The van der Waals surface area contributed by atoms with Gasteiger partial charge in [-0.3, -0.25) is 4.79 Å². The van der Waals surface area contributed by atoms with Gasteiger partial charge in [-0.1, -0.05) is 18.2 Å². The predicted octanol–water partition coefficient (Wildman–Crippen LogP) is 4.40. The third kappa shape index (κ3) is 3.68. The van der Waals surface area contributed by atoms with E-state index in [-0.39, 0.29) is 17.1 Å². The highest BCUT2D eigenvalue weighted by Crippen LogP contribution is 2.41. The first-order valence-electron chi connectivity index (χ1n) is 8.30. The first kappa shape index (κ1) is 17.1. The van der Waals surface area contributed by atoms with Gasteiger partial charge < -0.3 is 14.6 Å². The van der Waals surface area contributed by atoms with Crippen molar-refractivity contribution in [2.45, 2.75) is 32.3 Å². The van der Waals surface area contributed by atoms with Crippen LogP contribution >= 0.6 is 0 Å². The van der Waals surface area contributed by atoms with Crippen LogP contribution in [-0.4, -0.2) is 23.6 Å². The molecule has 1 aliphatic heterocycles. The van der Waals surface area contributed by atoms with Gasteiger partial charge in [0.05, 0.1) is 12.7 Å². The number of phenolic OH excluding ortho intramolecular Hbond substituents is 1.